The SMILES string of the molecule is Cc1ccccc1C(=O)CN1CCOCC1=O. The minimum atomic E-state index is -0.113. The standard InChI is InChI=1S/C13H15NO3/c1-10-4-2-3-5-11(10)12(15)8-14-6-7-17-9-13(14)16/h2-5H,6-9H2,1H3. The van der Waals surface area contributed by atoms with Crippen molar-refractivity contribution < 1.29 is 14.3 Å². The van der Waals surface area contributed by atoms with Crippen LogP contribution in [0.2, 0.25) is 0 Å². The van der Waals surface area contributed by atoms with E-state index in [0.29, 0.717) is 18.7 Å². The number of benzene rings is 1. The third-order valence-corrected chi connectivity index (χ3v) is 2.86. The first kappa shape index (κ1) is 11.8. The van der Waals surface area contributed by atoms with Gasteiger partial charge < -0.3 is 9.64 Å². The quantitative estimate of drug-likeness (QED) is 0.733. The monoisotopic (exact) mass is 233 g/mol. The van der Waals surface area contributed by atoms with Gasteiger partial charge in [-0.15, -0.1) is 0 Å². The van der Waals surface area contributed by atoms with Gasteiger partial charge in [-0.1, -0.05) is 24.3 Å². The predicted octanol–water partition coefficient (Wildman–Crippen LogP) is 1.04. The fraction of sp³-hybridized carbons (Fsp3) is 0.385. The predicted molar refractivity (Wildman–Crippen MR) is 62.9 cm³/mol. The van der Waals surface area contributed by atoms with Gasteiger partial charge in [0.15, 0.2) is 5.78 Å². The molecular weight excluding hydrogens is 218 g/mol. The van der Waals surface area contributed by atoms with Crippen molar-refractivity contribution in [1.29, 1.82) is 0 Å². The second kappa shape index (κ2) is 5.10. The van der Waals surface area contributed by atoms with Crippen molar-refractivity contribution in [2.45, 2.75) is 6.92 Å². The molecule has 90 valence electrons. The molecule has 0 aromatic heterocycles. The minimum Gasteiger partial charge on any atom is -0.370 e. The number of morpholine rings is 1. The van der Waals surface area contributed by atoms with Crippen LogP contribution < -0.4 is 0 Å². The lowest BCUT2D eigenvalue weighted by molar-refractivity contribution is -0.141. The number of rotatable bonds is 3. The van der Waals surface area contributed by atoms with E-state index in [4.69, 9.17) is 4.74 Å². The van der Waals surface area contributed by atoms with Crippen LogP contribution in [0.25, 0.3) is 0 Å². The Morgan fingerprint density at radius 2 is 2.18 bits per heavy atom. The molecule has 0 unspecified atom stereocenters. The van der Waals surface area contributed by atoms with Crippen molar-refractivity contribution in [3.05, 3.63) is 35.4 Å². The number of carbonyl (C=O) groups is 2. The zero-order chi connectivity index (χ0) is 12.3. The van der Waals surface area contributed by atoms with Gasteiger partial charge in [0.1, 0.15) is 6.61 Å². The van der Waals surface area contributed by atoms with Gasteiger partial charge in [0.05, 0.1) is 13.2 Å². The Labute approximate surface area is 100 Å². The van der Waals surface area contributed by atoms with E-state index in [1.807, 2.05) is 25.1 Å². The summed E-state index contributed by atoms with van der Waals surface area (Å²) in [5.41, 5.74) is 1.63. The van der Waals surface area contributed by atoms with Crippen LogP contribution in [0.1, 0.15) is 15.9 Å². The Bertz CT molecular complexity index is 442. The number of aryl methyl sites for hydroxylation is 1. The second-order valence-electron chi connectivity index (χ2n) is 4.11. The summed E-state index contributed by atoms with van der Waals surface area (Å²) in [6, 6.07) is 7.42. The fourth-order valence-corrected chi connectivity index (χ4v) is 1.86. The van der Waals surface area contributed by atoms with Gasteiger partial charge in [-0.3, -0.25) is 9.59 Å². The van der Waals surface area contributed by atoms with Crippen LogP contribution in [0.5, 0.6) is 0 Å². The van der Waals surface area contributed by atoms with Crippen molar-refractivity contribution in [3.8, 4) is 0 Å². The highest BCUT2D eigenvalue weighted by molar-refractivity contribution is 6.00. The van der Waals surface area contributed by atoms with Gasteiger partial charge >= 0.3 is 0 Å². The summed E-state index contributed by atoms with van der Waals surface area (Å²) in [6.07, 6.45) is 0. The van der Waals surface area contributed by atoms with Gasteiger partial charge in [-0.2, -0.15) is 0 Å². The average molecular weight is 233 g/mol. The molecular formula is C13H15NO3. The molecule has 1 aliphatic heterocycles. The van der Waals surface area contributed by atoms with Gasteiger partial charge in [0.25, 0.3) is 0 Å². The first-order valence-electron chi connectivity index (χ1n) is 5.63. The maximum atomic E-state index is 12.0. The maximum Gasteiger partial charge on any atom is 0.249 e. The first-order chi connectivity index (χ1) is 8.18. The highest BCUT2D eigenvalue weighted by atomic mass is 16.5. The lowest BCUT2D eigenvalue weighted by Crippen LogP contribution is -2.44. The van der Waals surface area contributed by atoms with Crippen LogP contribution in [0.4, 0.5) is 0 Å². The lowest BCUT2D eigenvalue weighted by Gasteiger charge is -2.26. The van der Waals surface area contributed by atoms with Crippen molar-refractivity contribution >= 4 is 11.7 Å². The van der Waals surface area contributed by atoms with Gasteiger partial charge in [0.2, 0.25) is 5.91 Å². The topological polar surface area (TPSA) is 46.6 Å². The molecule has 1 heterocycles. The normalized spacial score (nSPS) is 16.1. The third-order valence-electron chi connectivity index (χ3n) is 2.86. The molecule has 0 bridgehead atoms. The Morgan fingerprint density at radius 3 is 2.88 bits per heavy atom. The average Bonchev–Trinajstić information content (AvgIpc) is 2.32. The molecule has 1 aromatic rings. The summed E-state index contributed by atoms with van der Waals surface area (Å²) >= 11 is 0. The molecule has 2 rings (SSSR count). The Balaban J connectivity index is 2.06. The summed E-state index contributed by atoms with van der Waals surface area (Å²) in [4.78, 5) is 25.1. The van der Waals surface area contributed by atoms with E-state index in [1.54, 1.807) is 11.0 Å². The van der Waals surface area contributed by atoms with E-state index in [-0.39, 0.29) is 24.8 Å². The number of hydrogen-bond donors (Lipinski definition) is 0. The number of Topliss-reactive ketones (excluding diaryl/α,β-unsaturated/α-hetero) is 1. The zero-order valence-electron chi connectivity index (χ0n) is 9.81. The van der Waals surface area contributed by atoms with Gasteiger partial charge in [-0.25, -0.2) is 0 Å². The molecule has 0 spiro atoms. The summed E-state index contributed by atoms with van der Waals surface area (Å²) < 4.78 is 5.02. The van der Waals surface area contributed by atoms with E-state index in [1.165, 1.54) is 0 Å². The molecule has 1 aliphatic rings. The number of carbonyl (C=O) groups excluding carboxylic acids is 2. The smallest absolute Gasteiger partial charge is 0.249 e. The molecule has 0 atom stereocenters. The molecule has 0 radical (unpaired) electrons. The summed E-state index contributed by atoms with van der Waals surface area (Å²) in [7, 11) is 0. The molecule has 4 heteroatoms. The van der Waals surface area contributed by atoms with Crippen LogP contribution in [-0.2, 0) is 9.53 Å². The van der Waals surface area contributed by atoms with Crippen LogP contribution in [0, 0.1) is 6.92 Å². The van der Waals surface area contributed by atoms with Crippen LogP contribution in [0.15, 0.2) is 24.3 Å². The molecule has 1 amide bonds. The largest absolute Gasteiger partial charge is 0.370 e. The van der Waals surface area contributed by atoms with E-state index in [2.05, 4.69) is 0 Å². The highest BCUT2D eigenvalue weighted by Crippen LogP contribution is 2.09. The lowest BCUT2D eigenvalue weighted by atomic mass is 10.0. The van der Waals surface area contributed by atoms with E-state index in [9.17, 15) is 9.59 Å². The highest BCUT2D eigenvalue weighted by Gasteiger charge is 2.21. The van der Waals surface area contributed by atoms with Crippen molar-refractivity contribution in [3.63, 3.8) is 0 Å². The molecule has 0 aliphatic carbocycles. The van der Waals surface area contributed by atoms with Crippen LogP contribution in [0.3, 0.4) is 0 Å². The number of nitrogens with zero attached hydrogens (tertiary/aromatic N) is 1. The first-order valence-corrected chi connectivity index (χ1v) is 5.63. The molecule has 1 aromatic carbocycles. The number of hydrogen-bond acceptors (Lipinski definition) is 3. The Hall–Kier alpha value is -1.68. The number of amides is 1. The van der Waals surface area contributed by atoms with Crippen molar-refractivity contribution in [2.24, 2.45) is 0 Å². The molecule has 17 heavy (non-hydrogen) atoms. The van der Waals surface area contributed by atoms with E-state index in [0.717, 1.165) is 5.56 Å². The van der Waals surface area contributed by atoms with E-state index < -0.39 is 0 Å². The molecule has 4 nitrogen and oxygen atoms in total. The maximum absolute atomic E-state index is 12.0. The Morgan fingerprint density at radius 1 is 1.41 bits per heavy atom. The molecule has 0 saturated carbocycles. The van der Waals surface area contributed by atoms with Crippen molar-refractivity contribution in [1.82, 2.24) is 4.90 Å². The van der Waals surface area contributed by atoms with Crippen molar-refractivity contribution in [2.75, 3.05) is 26.3 Å². The minimum absolute atomic E-state index is 0.0154. The van der Waals surface area contributed by atoms with Gasteiger partial charge in [0, 0.05) is 12.1 Å². The summed E-state index contributed by atoms with van der Waals surface area (Å²) in [6.45, 7) is 3.13. The molecule has 0 N–H and O–H groups in total. The second-order valence-corrected chi connectivity index (χ2v) is 4.11. The Kier molecular flexibility index (Phi) is 3.54. The third kappa shape index (κ3) is 2.71. The number of ether oxygens (including phenoxy) is 1. The zero-order valence-corrected chi connectivity index (χ0v) is 9.81. The summed E-state index contributed by atoms with van der Waals surface area (Å²) in [5, 5.41) is 0. The van der Waals surface area contributed by atoms with Gasteiger partial charge in [-0.05, 0) is 12.5 Å². The fourth-order valence-electron chi connectivity index (χ4n) is 1.86. The van der Waals surface area contributed by atoms with E-state index >= 15 is 0 Å². The molecule has 1 fully saturated rings. The molecule has 1 saturated heterocycles. The summed E-state index contributed by atoms with van der Waals surface area (Å²) in [5.74, 6) is -0.128. The number of ketones is 1. The van der Waals surface area contributed by atoms with Crippen LogP contribution >= 0.6 is 0 Å². The van der Waals surface area contributed by atoms with Crippen LogP contribution in [-0.4, -0.2) is 42.9 Å².